The molecule has 0 aliphatic heterocycles. The minimum absolute atomic E-state index is 0.897. The molecule has 1 aromatic heterocycles. The van der Waals surface area contributed by atoms with Crippen LogP contribution in [0.3, 0.4) is 0 Å². The Hall–Kier alpha value is -8.98. The van der Waals surface area contributed by atoms with E-state index in [1.807, 2.05) is 6.07 Å². The molecule has 0 radical (unpaired) electrons. The van der Waals surface area contributed by atoms with Gasteiger partial charge in [0.05, 0.1) is 5.69 Å². The van der Waals surface area contributed by atoms with Crippen molar-refractivity contribution in [3.05, 3.63) is 261 Å². The van der Waals surface area contributed by atoms with Gasteiger partial charge < -0.3 is 9.32 Å². The Morgan fingerprint density at radius 3 is 1.35 bits per heavy atom. The van der Waals surface area contributed by atoms with Crippen LogP contribution in [0.5, 0.6) is 0 Å². The van der Waals surface area contributed by atoms with Gasteiger partial charge in [-0.25, -0.2) is 0 Å². The Kier molecular flexibility index (Phi) is 9.54. The summed E-state index contributed by atoms with van der Waals surface area (Å²) in [6, 6.07) is 94.6. The van der Waals surface area contributed by atoms with Gasteiger partial charge in [-0.1, -0.05) is 212 Å². The van der Waals surface area contributed by atoms with E-state index in [2.05, 4.69) is 260 Å². The van der Waals surface area contributed by atoms with Crippen molar-refractivity contribution in [2.75, 3.05) is 4.90 Å². The third kappa shape index (κ3) is 6.73. The second kappa shape index (κ2) is 16.5. The maximum Gasteiger partial charge on any atom is 0.143 e. The third-order valence-corrected chi connectivity index (χ3v) is 13.6. The van der Waals surface area contributed by atoms with Crippen LogP contribution in [-0.4, -0.2) is 0 Å². The van der Waals surface area contributed by atoms with Gasteiger partial charge in [0.1, 0.15) is 11.2 Å². The Morgan fingerprint density at radius 2 is 0.706 bits per heavy atom. The Labute approximate surface area is 395 Å². The van der Waals surface area contributed by atoms with Crippen LogP contribution in [0.2, 0.25) is 0 Å². The summed E-state index contributed by atoms with van der Waals surface area (Å²) in [5.74, 6) is 0. The number of anilines is 3. The van der Waals surface area contributed by atoms with Gasteiger partial charge >= 0.3 is 0 Å². The van der Waals surface area contributed by atoms with E-state index >= 15 is 0 Å². The summed E-state index contributed by atoms with van der Waals surface area (Å²) in [5.41, 5.74) is 16.7. The van der Waals surface area contributed by atoms with Crippen LogP contribution in [0.4, 0.5) is 17.1 Å². The zero-order valence-corrected chi connectivity index (χ0v) is 37.2. The van der Waals surface area contributed by atoms with Crippen LogP contribution >= 0.6 is 0 Å². The molecule has 13 aromatic rings. The molecule has 13 rings (SSSR count). The van der Waals surface area contributed by atoms with Crippen molar-refractivity contribution in [2.45, 2.75) is 0 Å². The predicted octanol–water partition coefficient (Wildman–Crippen LogP) is 18.9. The van der Waals surface area contributed by atoms with Crippen LogP contribution in [0.15, 0.2) is 265 Å². The van der Waals surface area contributed by atoms with Crippen LogP contribution in [0.25, 0.3) is 110 Å². The monoisotopic (exact) mass is 865 g/mol. The van der Waals surface area contributed by atoms with Gasteiger partial charge in [-0.2, -0.15) is 0 Å². The maximum absolute atomic E-state index is 6.55. The van der Waals surface area contributed by atoms with Crippen molar-refractivity contribution >= 4 is 71.3 Å². The molecular weight excluding hydrogens is 823 g/mol. The second-order valence-electron chi connectivity index (χ2n) is 17.6. The first-order valence-corrected chi connectivity index (χ1v) is 23.3. The quantitative estimate of drug-likeness (QED) is 0.142. The fraction of sp³-hybridized carbons (Fsp3) is 0. The molecule has 0 amide bonds. The smallest absolute Gasteiger partial charge is 0.143 e. The van der Waals surface area contributed by atoms with Gasteiger partial charge in [-0.05, 0) is 120 Å². The van der Waals surface area contributed by atoms with Gasteiger partial charge in [0.2, 0.25) is 0 Å². The van der Waals surface area contributed by atoms with E-state index in [9.17, 15) is 0 Å². The summed E-state index contributed by atoms with van der Waals surface area (Å²) in [6.07, 6.45) is 0. The minimum Gasteiger partial charge on any atom is -0.455 e. The largest absolute Gasteiger partial charge is 0.455 e. The summed E-state index contributed by atoms with van der Waals surface area (Å²) in [6.45, 7) is 0. The molecule has 0 aliphatic rings. The first-order valence-electron chi connectivity index (χ1n) is 23.3. The number of nitrogens with zero attached hydrogens (tertiary/aromatic N) is 1. The molecular formula is C66H43NO. The Morgan fingerprint density at radius 1 is 0.265 bits per heavy atom. The van der Waals surface area contributed by atoms with Crippen molar-refractivity contribution in [1.29, 1.82) is 0 Å². The highest BCUT2D eigenvalue weighted by molar-refractivity contribution is 6.24. The van der Waals surface area contributed by atoms with E-state index in [0.29, 0.717) is 0 Å². The number of rotatable bonds is 8. The highest BCUT2D eigenvalue weighted by Crippen LogP contribution is 2.51. The lowest BCUT2D eigenvalue weighted by molar-refractivity contribution is 0.670. The lowest BCUT2D eigenvalue weighted by Crippen LogP contribution is -2.12. The van der Waals surface area contributed by atoms with Crippen molar-refractivity contribution < 1.29 is 4.42 Å². The zero-order valence-electron chi connectivity index (χ0n) is 37.2. The van der Waals surface area contributed by atoms with Crippen LogP contribution < -0.4 is 4.90 Å². The van der Waals surface area contributed by atoms with E-state index < -0.39 is 0 Å². The van der Waals surface area contributed by atoms with Crippen LogP contribution in [0, 0.1) is 0 Å². The number of hydrogen-bond donors (Lipinski definition) is 0. The number of fused-ring (bicyclic) bond motifs is 7. The molecule has 1 heterocycles. The lowest BCUT2D eigenvalue weighted by Gasteiger charge is -2.31. The van der Waals surface area contributed by atoms with Crippen molar-refractivity contribution in [3.8, 4) is 55.6 Å². The molecule has 318 valence electrons. The summed E-state index contributed by atoms with van der Waals surface area (Å²) in [4.78, 5) is 2.48. The molecule has 0 unspecified atom stereocenters. The molecule has 68 heavy (non-hydrogen) atoms. The average molecular weight is 866 g/mol. The standard InChI is InChI=1S/C66H43NO/c1-3-17-44(18-4-1)49-41-50(45-19-5-2-6-20-45)43-51(42-49)46-33-37-52(38-34-46)67(53-39-35-48(36-40-53)55-29-16-31-62-58-26-13-14-32-63(58)68-66(55)62)65-61-28-12-10-25-57(61)56-24-9-11-27-60(56)64(65)59-30-15-22-47-21-7-8-23-54(47)59/h1-43H. The third-order valence-electron chi connectivity index (χ3n) is 13.6. The number of para-hydroxylation sites is 2. The molecule has 0 fully saturated rings. The molecule has 0 aliphatic carbocycles. The van der Waals surface area contributed by atoms with E-state index in [-0.39, 0.29) is 0 Å². The van der Waals surface area contributed by atoms with E-state index in [0.717, 1.165) is 55.7 Å². The summed E-state index contributed by atoms with van der Waals surface area (Å²) in [7, 11) is 0. The number of hydrogen-bond acceptors (Lipinski definition) is 2. The molecule has 2 heteroatoms. The molecule has 0 atom stereocenters. The van der Waals surface area contributed by atoms with Crippen molar-refractivity contribution in [3.63, 3.8) is 0 Å². The molecule has 2 nitrogen and oxygen atoms in total. The predicted molar refractivity (Wildman–Crippen MR) is 288 cm³/mol. The van der Waals surface area contributed by atoms with Gasteiger partial charge in [0, 0.05) is 38.7 Å². The van der Waals surface area contributed by atoms with E-state index in [4.69, 9.17) is 4.42 Å². The number of benzene rings is 12. The molecule has 0 saturated carbocycles. The molecule has 0 bridgehead atoms. The summed E-state index contributed by atoms with van der Waals surface area (Å²) in [5, 5.41) is 9.50. The topological polar surface area (TPSA) is 16.4 Å². The van der Waals surface area contributed by atoms with E-state index in [1.165, 1.54) is 71.3 Å². The molecule has 0 saturated heterocycles. The molecule has 0 spiro atoms. The molecule has 0 N–H and O–H groups in total. The highest BCUT2D eigenvalue weighted by atomic mass is 16.3. The fourth-order valence-corrected chi connectivity index (χ4v) is 10.4. The normalized spacial score (nSPS) is 11.5. The van der Waals surface area contributed by atoms with Gasteiger partial charge in [-0.15, -0.1) is 0 Å². The van der Waals surface area contributed by atoms with Crippen LogP contribution in [-0.2, 0) is 0 Å². The fourth-order valence-electron chi connectivity index (χ4n) is 10.4. The first kappa shape index (κ1) is 39.4. The van der Waals surface area contributed by atoms with Crippen molar-refractivity contribution in [1.82, 2.24) is 0 Å². The summed E-state index contributed by atoms with van der Waals surface area (Å²) < 4.78 is 6.55. The minimum atomic E-state index is 0.897. The van der Waals surface area contributed by atoms with Gasteiger partial charge in [-0.3, -0.25) is 0 Å². The first-order chi connectivity index (χ1) is 33.7. The van der Waals surface area contributed by atoms with Crippen LogP contribution in [0.1, 0.15) is 0 Å². The highest BCUT2D eigenvalue weighted by Gasteiger charge is 2.25. The van der Waals surface area contributed by atoms with Gasteiger partial charge in [0.15, 0.2) is 0 Å². The van der Waals surface area contributed by atoms with Crippen molar-refractivity contribution in [2.24, 2.45) is 0 Å². The SMILES string of the molecule is c1ccc(-c2cc(-c3ccccc3)cc(-c3ccc(N(c4ccc(-c5cccc6c5oc5ccccc56)cc4)c4c(-c5cccc6ccccc56)c5ccccc5c5ccccc45)cc3)c2)cc1. The Balaban J connectivity index is 1.04. The van der Waals surface area contributed by atoms with Gasteiger partial charge in [0.25, 0.3) is 0 Å². The maximum atomic E-state index is 6.55. The Bertz CT molecular complexity index is 3940. The molecule has 12 aromatic carbocycles. The van der Waals surface area contributed by atoms with E-state index in [1.54, 1.807) is 0 Å². The average Bonchev–Trinajstić information content (AvgIpc) is 3.81. The number of furan rings is 1. The lowest BCUT2D eigenvalue weighted by atomic mass is 9.88. The second-order valence-corrected chi connectivity index (χ2v) is 17.6. The zero-order chi connectivity index (χ0) is 45.0. The summed E-state index contributed by atoms with van der Waals surface area (Å²) >= 11 is 0.